The fourth-order valence-electron chi connectivity index (χ4n) is 3.31. The summed E-state index contributed by atoms with van der Waals surface area (Å²) in [4.78, 5) is 13.3. The Morgan fingerprint density at radius 3 is 2.78 bits per heavy atom. The van der Waals surface area contributed by atoms with Crippen molar-refractivity contribution >= 4 is 11.0 Å². The molecule has 0 aliphatic carbocycles. The summed E-state index contributed by atoms with van der Waals surface area (Å²) in [5.41, 5.74) is 3.69. The third kappa shape index (κ3) is 3.00. The van der Waals surface area contributed by atoms with Gasteiger partial charge < -0.3 is 9.15 Å². The minimum Gasteiger partial charge on any atom is -0.444 e. The average Bonchev–Trinajstić information content (AvgIpc) is 2.53. The van der Waals surface area contributed by atoms with Gasteiger partial charge in [-0.15, -0.1) is 0 Å². The molecule has 1 aromatic heterocycles. The van der Waals surface area contributed by atoms with E-state index in [4.69, 9.17) is 9.15 Å². The molecule has 0 saturated carbocycles. The summed E-state index contributed by atoms with van der Waals surface area (Å²) >= 11 is 0. The first-order valence-electron chi connectivity index (χ1n) is 8.57. The maximum absolute atomic E-state index is 11.9. The number of aryl methyl sites for hydroxylation is 2. The number of quaternary nitrogens is 1. The lowest BCUT2D eigenvalue weighted by Crippen LogP contribution is -3.15. The summed E-state index contributed by atoms with van der Waals surface area (Å²) in [5, 5.41) is 1.07. The fraction of sp³-hybridized carbons (Fsp3) is 0.526. The van der Waals surface area contributed by atoms with Gasteiger partial charge in [0.05, 0.1) is 6.04 Å². The molecule has 1 aromatic carbocycles. The molecule has 124 valence electrons. The van der Waals surface area contributed by atoms with Crippen molar-refractivity contribution in [2.24, 2.45) is 0 Å². The summed E-state index contributed by atoms with van der Waals surface area (Å²) in [6, 6.07) is 4.35. The second kappa shape index (κ2) is 6.36. The molecule has 1 N–H and O–H groups in total. The Balaban J connectivity index is 2.15. The first kappa shape index (κ1) is 16.1. The summed E-state index contributed by atoms with van der Waals surface area (Å²) in [7, 11) is 0. The van der Waals surface area contributed by atoms with Crippen LogP contribution in [0.3, 0.4) is 0 Å². The highest BCUT2D eigenvalue weighted by molar-refractivity contribution is 5.86. The monoisotopic (exact) mass is 316 g/mol. The molecule has 2 heterocycles. The highest BCUT2D eigenvalue weighted by Gasteiger charge is 2.26. The van der Waals surface area contributed by atoms with Crippen LogP contribution in [0.1, 0.15) is 50.3 Å². The fourth-order valence-corrected chi connectivity index (χ4v) is 3.31. The normalized spacial score (nSPS) is 17.3. The summed E-state index contributed by atoms with van der Waals surface area (Å²) in [5.74, 6) is 0.901. The van der Waals surface area contributed by atoms with Crippen molar-refractivity contribution in [3.63, 3.8) is 0 Å². The van der Waals surface area contributed by atoms with Gasteiger partial charge in [0.1, 0.15) is 17.9 Å². The van der Waals surface area contributed by atoms with Gasteiger partial charge in [-0.1, -0.05) is 13.3 Å². The van der Waals surface area contributed by atoms with Gasteiger partial charge >= 0.3 is 5.63 Å². The molecule has 1 aliphatic heterocycles. The zero-order valence-electron chi connectivity index (χ0n) is 14.5. The van der Waals surface area contributed by atoms with Gasteiger partial charge in [0, 0.05) is 22.6 Å². The van der Waals surface area contributed by atoms with Crippen LogP contribution in [0, 0.1) is 6.92 Å². The molecule has 2 aromatic rings. The van der Waals surface area contributed by atoms with E-state index in [1.807, 2.05) is 6.92 Å². The molecule has 1 atom stereocenters. The van der Waals surface area contributed by atoms with Gasteiger partial charge in [0.2, 0.25) is 6.73 Å². The first-order chi connectivity index (χ1) is 11.0. The predicted octanol–water partition coefficient (Wildman–Crippen LogP) is 2.59. The van der Waals surface area contributed by atoms with Gasteiger partial charge in [0.25, 0.3) is 0 Å². The Bertz CT molecular complexity index is 776. The molecule has 0 radical (unpaired) electrons. The highest BCUT2D eigenvalue weighted by Crippen LogP contribution is 2.33. The molecule has 1 aliphatic rings. The van der Waals surface area contributed by atoms with Crippen LogP contribution in [0.25, 0.3) is 11.0 Å². The van der Waals surface area contributed by atoms with Gasteiger partial charge in [-0.25, -0.2) is 4.79 Å². The van der Waals surface area contributed by atoms with Crippen LogP contribution in [-0.2, 0) is 13.0 Å². The van der Waals surface area contributed by atoms with E-state index in [1.165, 1.54) is 10.5 Å². The van der Waals surface area contributed by atoms with Crippen molar-refractivity contribution in [2.45, 2.75) is 59.5 Å². The van der Waals surface area contributed by atoms with Crippen molar-refractivity contribution in [1.29, 1.82) is 0 Å². The van der Waals surface area contributed by atoms with E-state index >= 15 is 0 Å². The third-order valence-electron chi connectivity index (χ3n) is 4.81. The average molecular weight is 316 g/mol. The van der Waals surface area contributed by atoms with Crippen molar-refractivity contribution in [1.82, 2.24) is 0 Å². The van der Waals surface area contributed by atoms with Crippen LogP contribution >= 0.6 is 0 Å². The maximum Gasteiger partial charge on any atom is 0.336 e. The number of ether oxygens (including phenoxy) is 1. The molecule has 0 saturated heterocycles. The number of fused-ring (bicyclic) bond motifs is 2. The predicted molar refractivity (Wildman–Crippen MR) is 91.1 cm³/mol. The standard InChI is InChI=1S/C19H25NO3/c1-5-6-7-14-9-17(21)23-19-13(4)18-15(8-16(14)19)10-20(11-22-18)12(2)3/h8-9,12H,5-7,10-11H2,1-4H3/p+1. The number of hydrogen-bond acceptors (Lipinski definition) is 3. The van der Waals surface area contributed by atoms with Gasteiger partial charge in [-0.2, -0.15) is 0 Å². The zero-order chi connectivity index (χ0) is 16.6. The zero-order valence-corrected chi connectivity index (χ0v) is 14.5. The molecule has 0 spiro atoms. The van der Waals surface area contributed by atoms with Gasteiger partial charge in [0.15, 0.2) is 0 Å². The minimum absolute atomic E-state index is 0.267. The smallest absolute Gasteiger partial charge is 0.336 e. The summed E-state index contributed by atoms with van der Waals surface area (Å²) < 4.78 is 11.5. The Morgan fingerprint density at radius 2 is 2.09 bits per heavy atom. The molecule has 3 rings (SSSR count). The van der Waals surface area contributed by atoms with Crippen molar-refractivity contribution in [3.05, 3.63) is 39.2 Å². The van der Waals surface area contributed by atoms with E-state index in [9.17, 15) is 4.79 Å². The molecule has 0 amide bonds. The highest BCUT2D eigenvalue weighted by atomic mass is 16.5. The number of rotatable bonds is 4. The second-order valence-corrected chi connectivity index (χ2v) is 6.84. The number of hydrogen-bond donors (Lipinski definition) is 1. The first-order valence-corrected chi connectivity index (χ1v) is 8.57. The molecular formula is C19H26NO3+. The Morgan fingerprint density at radius 1 is 1.30 bits per heavy atom. The number of unbranched alkanes of at least 4 members (excludes halogenated alkanes) is 1. The van der Waals surface area contributed by atoms with Crippen molar-refractivity contribution in [2.75, 3.05) is 6.73 Å². The van der Waals surface area contributed by atoms with Gasteiger partial charge in [-0.3, -0.25) is 4.90 Å². The molecule has 1 unspecified atom stereocenters. The van der Waals surface area contributed by atoms with Crippen molar-refractivity contribution in [3.8, 4) is 5.75 Å². The second-order valence-electron chi connectivity index (χ2n) is 6.84. The molecule has 0 bridgehead atoms. The van der Waals surface area contributed by atoms with Gasteiger partial charge in [-0.05, 0) is 45.2 Å². The summed E-state index contributed by atoms with van der Waals surface area (Å²) in [6.45, 7) is 10.2. The lowest BCUT2D eigenvalue weighted by Gasteiger charge is -2.30. The quantitative estimate of drug-likeness (QED) is 0.882. The van der Waals surface area contributed by atoms with Crippen molar-refractivity contribution < 1.29 is 14.1 Å². The minimum atomic E-state index is -0.267. The Labute approximate surface area is 137 Å². The molecule has 23 heavy (non-hydrogen) atoms. The SMILES string of the molecule is CCCCc1cc(=O)oc2c(C)c3c(cc12)C[NH+](C(C)C)CO3. The van der Waals surface area contributed by atoms with Crippen LogP contribution < -0.4 is 15.3 Å². The topological polar surface area (TPSA) is 43.9 Å². The summed E-state index contributed by atoms with van der Waals surface area (Å²) in [6.07, 6.45) is 3.10. The van der Waals surface area contributed by atoms with E-state index in [0.29, 0.717) is 18.4 Å². The Kier molecular flexibility index (Phi) is 4.44. The van der Waals surface area contributed by atoms with E-state index in [2.05, 4.69) is 26.8 Å². The Hall–Kier alpha value is -1.81. The van der Waals surface area contributed by atoms with Crippen LogP contribution in [0.5, 0.6) is 5.75 Å². The maximum atomic E-state index is 11.9. The largest absolute Gasteiger partial charge is 0.444 e. The van der Waals surface area contributed by atoms with Crippen LogP contribution in [-0.4, -0.2) is 12.8 Å². The molecule has 4 nitrogen and oxygen atoms in total. The molecular weight excluding hydrogens is 290 g/mol. The molecule has 0 fully saturated rings. The van der Waals surface area contributed by atoms with E-state index in [0.717, 1.165) is 48.1 Å². The number of nitrogens with one attached hydrogen (secondary N) is 1. The van der Waals surface area contributed by atoms with E-state index < -0.39 is 0 Å². The van der Waals surface area contributed by atoms with Crippen LogP contribution in [0.2, 0.25) is 0 Å². The van der Waals surface area contributed by atoms with Crippen LogP contribution in [0.15, 0.2) is 21.3 Å². The molecule has 4 heteroatoms. The van der Waals surface area contributed by atoms with E-state index in [1.54, 1.807) is 6.07 Å². The third-order valence-corrected chi connectivity index (χ3v) is 4.81. The lowest BCUT2D eigenvalue weighted by atomic mass is 9.98. The van der Waals surface area contributed by atoms with E-state index in [-0.39, 0.29) is 5.63 Å². The number of benzene rings is 1. The van der Waals surface area contributed by atoms with Crippen LogP contribution in [0.4, 0.5) is 0 Å². The lowest BCUT2D eigenvalue weighted by molar-refractivity contribution is -0.952.